The van der Waals surface area contributed by atoms with Gasteiger partial charge in [0.25, 0.3) is 0 Å². The zero-order valence-corrected chi connectivity index (χ0v) is 18.9. The van der Waals surface area contributed by atoms with Crippen LogP contribution in [0.2, 0.25) is 0 Å². The van der Waals surface area contributed by atoms with Crippen LogP contribution in [0, 0.1) is 29.8 Å². The number of nitrogens with one attached hydrogen (secondary N) is 4. The van der Waals surface area contributed by atoms with Crippen LogP contribution in [0.4, 0.5) is 0 Å². The Labute approximate surface area is 182 Å². The van der Waals surface area contributed by atoms with Crippen LogP contribution in [-0.2, 0) is 0 Å². The molecule has 0 amide bonds. The summed E-state index contributed by atoms with van der Waals surface area (Å²) in [6.45, 7) is 7.91. The van der Waals surface area contributed by atoms with Crippen LogP contribution in [0.15, 0.2) is 29.0 Å². The summed E-state index contributed by atoms with van der Waals surface area (Å²) in [5.41, 5.74) is 9.64. The molecule has 2 unspecified atom stereocenters. The molecule has 2 aliphatic carbocycles. The average molecular weight is 411 g/mol. The molecule has 0 radical (unpaired) electrons. The van der Waals surface area contributed by atoms with Crippen molar-refractivity contribution in [1.82, 2.24) is 26.4 Å². The fourth-order valence-corrected chi connectivity index (χ4v) is 5.65. The van der Waals surface area contributed by atoms with Gasteiger partial charge in [-0.1, -0.05) is 13.5 Å². The number of piperidine rings is 1. The van der Waals surface area contributed by atoms with Crippen molar-refractivity contribution in [3.8, 4) is 12.1 Å². The number of hydrogen-bond donors (Lipinski definition) is 4. The molecule has 2 heterocycles. The third kappa shape index (κ3) is 4.62. The number of amidine groups is 1. The lowest BCUT2D eigenvalue weighted by molar-refractivity contribution is 0.123. The number of hydrogen-bond acceptors (Lipinski definition) is 6. The standard InChI is InChI=1S/C24H38N6/c1-17-14-20(26-11-10-25-3)5-6-21(17)22-16-27-23(29-28-22)18(2)13-19-7-12-30(4)24(15-19)8-9-24/h16-17,19-21,25-26,28H,2,5-9,12-15H2,1,3-4H3,(H,27,29)/t17?,19-,20?,21+/m1/s1. The number of hydrazine groups is 1. The fourth-order valence-electron chi connectivity index (χ4n) is 5.65. The van der Waals surface area contributed by atoms with E-state index in [0.29, 0.717) is 23.4 Å². The maximum Gasteiger partial charge on any atom is 0.147 e. The lowest BCUT2D eigenvalue weighted by atomic mass is 9.76. The van der Waals surface area contributed by atoms with Gasteiger partial charge in [-0.15, -0.1) is 0 Å². The van der Waals surface area contributed by atoms with Crippen molar-refractivity contribution in [3.05, 3.63) is 24.0 Å². The van der Waals surface area contributed by atoms with E-state index in [1.807, 2.05) is 13.2 Å². The normalized spacial score (nSPS) is 32.5. The number of likely N-dealkylation sites (tertiary alicyclic amines) is 1. The molecule has 2 aliphatic heterocycles. The molecule has 4 rings (SSSR count). The van der Waals surface area contributed by atoms with Crippen molar-refractivity contribution < 1.29 is 0 Å². The van der Waals surface area contributed by atoms with Gasteiger partial charge in [-0.05, 0) is 82.4 Å². The summed E-state index contributed by atoms with van der Waals surface area (Å²) in [5, 5.41) is 6.18. The molecule has 164 valence electrons. The van der Waals surface area contributed by atoms with Gasteiger partial charge in [0.1, 0.15) is 5.84 Å². The largest absolute Gasteiger partial charge is 0.348 e. The van der Waals surface area contributed by atoms with Crippen LogP contribution in [-0.4, -0.2) is 43.0 Å². The van der Waals surface area contributed by atoms with Crippen molar-refractivity contribution in [2.45, 2.75) is 69.9 Å². The number of rotatable bonds is 5. The summed E-state index contributed by atoms with van der Waals surface area (Å²) in [4.78, 5) is 7.34. The van der Waals surface area contributed by atoms with E-state index in [1.54, 1.807) is 0 Å². The minimum absolute atomic E-state index is 0.470. The molecule has 0 aromatic heterocycles. The summed E-state index contributed by atoms with van der Waals surface area (Å²) in [5.74, 6) is 2.74. The van der Waals surface area contributed by atoms with E-state index in [-0.39, 0.29) is 0 Å². The minimum Gasteiger partial charge on any atom is -0.348 e. The van der Waals surface area contributed by atoms with Crippen LogP contribution in [0.5, 0.6) is 0 Å². The fraction of sp³-hybridized carbons (Fsp3) is 0.708. The van der Waals surface area contributed by atoms with E-state index in [2.05, 4.69) is 59.0 Å². The lowest BCUT2D eigenvalue weighted by Gasteiger charge is -2.38. The molecule has 0 aromatic rings. The monoisotopic (exact) mass is 410 g/mol. The molecule has 4 atom stereocenters. The van der Waals surface area contributed by atoms with Crippen molar-refractivity contribution in [1.29, 1.82) is 0 Å². The molecule has 4 N–H and O–H groups in total. The molecule has 4 aliphatic rings. The predicted molar refractivity (Wildman–Crippen MR) is 123 cm³/mol. The van der Waals surface area contributed by atoms with Crippen molar-refractivity contribution in [2.75, 3.05) is 20.6 Å². The molecular weight excluding hydrogens is 372 g/mol. The molecule has 3 fully saturated rings. The van der Waals surface area contributed by atoms with E-state index in [0.717, 1.165) is 43.0 Å². The Bertz CT molecular complexity index is 768. The first kappa shape index (κ1) is 21.1. The summed E-state index contributed by atoms with van der Waals surface area (Å²) < 4.78 is 0. The predicted octanol–water partition coefficient (Wildman–Crippen LogP) is 2.69. The molecule has 1 spiro atoms. The molecule has 0 aromatic carbocycles. The third-order valence-corrected chi connectivity index (χ3v) is 7.74. The maximum atomic E-state index is 4.76. The Morgan fingerprint density at radius 2 is 2.13 bits per heavy atom. The summed E-state index contributed by atoms with van der Waals surface area (Å²) in [7, 11) is 4.13. The Morgan fingerprint density at radius 1 is 1.30 bits per heavy atom. The summed E-state index contributed by atoms with van der Waals surface area (Å²) in [6, 6.07) is 6.33. The Hall–Kier alpha value is -2.13. The number of aliphatic imine (C=N–C) groups is 1. The van der Waals surface area contributed by atoms with Crippen LogP contribution in [0.3, 0.4) is 0 Å². The Kier molecular flexibility index (Phi) is 6.29. The first-order valence-corrected chi connectivity index (χ1v) is 11.6. The van der Waals surface area contributed by atoms with Crippen molar-refractivity contribution >= 4 is 5.84 Å². The van der Waals surface area contributed by atoms with Gasteiger partial charge in [-0.2, -0.15) is 0 Å². The van der Waals surface area contributed by atoms with Gasteiger partial charge in [0.2, 0.25) is 0 Å². The molecular formula is C24H38N6. The van der Waals surface area contributed by atoms with Gasteiger partial charge in [0.05, 0.1) is 11.9 Å². The smallest absolute Gasteiger partial charge is 0.147 e. The highest BCUT2D eigenvalue weighted by molar-refractivity contribution is 5.98. The highest BCUT2D eigenvalue weighted by Gasteiger charge is 2.49. The Balaban J connectivity index is 1.29. The van der Waals surface area contributed by atoms with Crippen molar-refractivity contribution in [2.24, 2.45) is 22.7 Å². The zero-order chi connectivity index (χ0) is 21.1. The number of allylic oxidation sites excluding steroid dienone is 1. The minimum atomic E-state index is 0.470. The van der Waals surface area contributed by atoms with Gasteiger partial charge in [-0.3, -0.25) is 5.43 Å². The topological polar surface area (TPSA) is 63.7 Å². The molecule has 6 nitrogen and oxygen atoms in total. The van der Waals surface area contributed by atoms with Crippen LogP contribution in [0.25, 0.3) is 0 Å². The quantitative estimate of drug-likeness (QED) is 0.415. The van der Waals surface area contributed by atoms with Gasteiger partial charge in [-0.25, -0.2) is 4.99 Å². The van der Waals surface area contributed by atoms with E-state index in [1.165, 1.54) is 37.9 Å². The summed E-state index contributed by atoms with van der Waals surface area (Å²) in [6.07, 6.45) is 11.8. The highest BCUT2D eigenvalue weighted by Crippen LogP contribution is 2.50. The van der Waals surface area contributed by atoms with E-state index >= 15 is 0 Å². The van der Waals surface area contributed by atoms with Crippen LogP contribution in [0.1, 0.15) is 58.3 Å². The van der Waals surface area contributed by atoms with Crippen LogP contribution < -0.4 is 21.5 Å². The van der Waals surface area contributed by atoms with Gasteiger partial charge in [0, 0.05) is 36.6 Å². The third-order valence-electron chi connectivity index (χ3n) is 7.74. The van der Waals surface area contributed by atoms with Crippen LogP contribution >= 0.6 is 0 Å². The van der Waals surface area contributed by atoms with E-state index in [4.69, 9.17) is 4.99 Å². The average Bonchev–Trinajstić information content (AvgIpc) is 3.51. The first-order valence-electron chi connectivity index (χ1n) is 11.6. The van der Waals surface area contributed by atoms with Crippen molar-refractivity contribution in [3.63, 3.8) is 0 Å². The Morgan fingerprint density at radius 3 is 2.80 bits per heavy atom. The maximum absolute atomic E-state index is 4.76. The van der Waals surface area contributed by atoms with Gasteiger partial charge < -0.3 is 21.0 Å². The second-order valence-corrected chi connectivity index (χ2v) is 9.86. The van der Waals surface area contributed by atoms with Gasteiger partial charge in [0.15, 0.2) is 0 Å². The SMILES string of the molecule is C=C(C[C@H]1CCN(C)C2(CC2)C1)C1=NC=C([C@H]2CCC(NC#CNC)CC2C)NN1. The second kappa shape index (κ2) is 8.93. The summed E-state index contributed by atoms with van der Waals surface area (Å²) >= 11 is 0. The number of nitrogens with zero attached hydrogens (tertiary/aromatic N) is 2. The highest BCUT2D eigenvalue weighted by atomic mass is 15.4. The molecule has 30 heavy (non-hydrogen) atoms. The molecule has 0 bridgehead atoms. The molecule has 2 saturated carbocycles. The van der Waals surface area contributed by atoms with E-state index in [9.17, 15) is 0 Å². The molecule has 6 heteroatoms. The second-order valence-electron chi connectivity index (χ2n) is 9.86. The van der Waals surface area contributed by atoms with Gasteiger partial charge >= 0.3 is 0 Å². The molecule has 1 saturated heterocycles. The zero-order valence-electron chi connectivity index (χ0n) is 18.9. The van der Waals surface area contributed by atoms with E-state index < -0.39 is 0 Å². The first-order chi connectivity index (χ1) is 14.5. The lowest BCUT2D eigenvalue weighted by Crippen LogP contribution is -2.45.